The molecule has 0 aliphatic carbocycles. The van der Waals surface area contributed by atoms with Crippen molar-refractivity contribution in [3.63, 3.8) is 0 Å². The number of hydrogen-bond acceptors (Lipinski definition) is 5. The Morgan fingerprint density at radius 3 is 2.14 bits per heavy atom. The van der Waals surface area contributed by atoms with Gasteiger partial charge in [0.25, 0.3) is 0 Å². The predicted molar refractivity (Wildman–Crippen MR) is 108 cm³/mol. The summed E-state index contributed by atoms with van der Waals surface area (Å²) in [5, 5.41) is 8.47. The summed E-state index contributed by atoms with van der Waals surface area (Å²) < 4.78 is 28.0. The van der Waals surface area contributed by atoms with Crippen molar-refractivity contribution >= 4 is 27.1 Å². The van der Waals surface area contributed by atoms with E-state index in [1.807, 2.05) is 30.3 Å². The van der Waals surface area contributed by atoms with Gasteiger partial charge in [0.2, 0.25) is 14.9 Å². The Bertz CT molecular complexity index is 1220. The van der Waals surface area contributed by atoms with Gasteiger partial charge < -0.3 is 5.73 Å². The van der Waals surface area contributed by atoms with Gasteiger partial charge in [-0.2, -0.15) is 0 Å². The molecule has 28 heavy (non-hydrogen) atoms. The van der Waals surface area contributed by atoms with Crippen LogP contribution in [0.15, 0.2) is 88.8 Å². The number of nitrogen functional groups attached to an aromatic ring is 1. The van der Waals surface area contributed by atoms with E-state index in [4.69, 9.17) is 17.3 Å². The van der Waals surface area contributed by atoms with Gasteiger partial charge in [-0.1, -0.05) is 47.1 Å². The van der Waals surface area contributed by atoms with E-state index >= 15 is 0 Å². The van der Waals surface area contributed by atoms with E-state index in [0.29, 0.717) is 27.7 Å². The van der Waals surface area contributed by atoms with E-state index in [2.05, 4.69) is 10.3 Å². The van der Waals surface area contributed by atoms with E-state index < -0.39 is 9.84 Å². The molecule has 8 heteroatoms. The zero-order chi connectivity index (χ0) is 19.7. The van der Waals surface area contributed by atoms with E-state index in [-0.39, 0.29) is 9.92 Å². The molecular formula is C20H15ClN4O2S. The van der Waals surface area contributed by atoms with Gasteiger partial charge in [-0.05, 0) is 48.5 Å². The Balaban J connectivity index is 1.96. The number of anilines is 1. The molecule has 0 saturated carbocycles. The lowest BCUT2D eigenvalue weighted by Crippen LogP contribution is -2.06. The zero-order valence-electron chi connectivity index (χ0n) is 14.5. The molecule has 0 fully saturated rings. The summed E-state index contributed by atoms with van der Waals surface area (Å²) in [6.45, 7) is 0. The van der Waals surface area contributed by atoms with E-state index in [1.54, 1.807) is 24.3 Å². The predicted octanol–water partition coefficient (Wildman–Crippen LogP) is 4.00. The lowest BCUT2D eigenvalue weighted by atomic mass is 10.1. The Morgan fingerprint density at radius 1 is 0.857 bits per heavy atom. The Kier molecular flexibility index (Phi) is 4.62. The van der Waals surface area contributed by atoms with Crippen molar-refractivity contribution in [1.82, 2.24) is 15.0 Å². The van der Waals surface area contributed by atoms with Crippen LogP contribution in [0.3, 0.4) is 0 Å². The second-order valence-electron chi connectivity index (χ2n) is 6.07. The van der Waals surface area contributed by atoms with E-state index in [0.717, 1.165) is 0 Å². The molecule has 0 aliphatic heterocycles. The van der Waals surface area contributed by atoms with Gasteiger partial charge in [0.05, 0.1) is 10.6 Å². The van der Waals surface area contributed by atoms with Gasteiger partial charge >= 0.3 is 0 Å². The summed E-state index contributed by atoms with van der Waals surface area (Å²) in [6, 6.07) is 22.1. The van der Waals surface area contributed by atoms with Crippen molar-refractivity contribution in [3.05, 3.63) is 83.9 Å². The molecule has 0 bridgehead atoms. The van der Waals surface area contributed by atoms with Crippen molar-refractivity contribution in [2.45, 2.75) is 9.92 Å². The fourth-order valence-corrected chi connectivity index (χ4v) is 4.26. The quantitative estimate of drug-likeness (QED) is 0.513. The molecule has 0 atom stereocenters. The summed E-state index contributed by atoms with van der Waals surface area (Å²) >= 11 is 5.89. The van der Waals surface area contributed by atoms with Crippen molar-refractivity contribution in [2.75, 3.05) is 5.73 Å². The minimum absolute atomic E-state index is 0.0958. The largest absolute Gasteiger partial charge is 0.399 e. The van der Waals surface area contributed by atoms with Crippen LogP contribution in [-0.4, -0.2) is 23.4 Å². The molecule has 0 amide bonds. The smallest absolute Gasteiger partial charge is 0.227 e. The van der Waals surface area contributed by atoms with Gasteiger partial charge in [0, 0.05) is 16.3 Å². The first kappa shape index (κ1) is 18.2. The second kappa shape index (κ2) is 7.10. The van der Waals surface area contributed by atoms with Gasteiger partial charge in [-0.3, -0.25) is 0 Å². The number of halogens is 1. The summed E-state index contributed by atoms with van der Waals surface area (Å²) in [7, 11) is -3.91. The minimum Gasteiger partial charge on any atom is -0.399 e. The lowest BCUT2D eigenvalue weighted by Gasteiger charge is -2.09. The number of rotatable bonds is 4. The molecule has 140 valence electrons. The molecule has 0 aliphatic rings. The highest BCUT2D eigenvalue weighted by Crippen LogP contribution is 2.32. The van der Waals surface area contributed by atoms with Crippen molar-refractivity contribution in [1.29, 1.82) is 0 Å². The van der Waals surface area contributed by atoms with Gasteiger partial charge in [0.1, 0.15) is 5.69 Å². The van der Waals surface area contributed by atoms with Gasteiger partial charge in [0.15, 0.2) is 0 Å². The van der Waals surface area contributed by atoms with Crippen LogP contribution in [0.5, 0.6) is 0 Å². The first-order chi connectivity index (χ1) is 13.5. The number of hydrogen-bond donors (Lipinski definition) is 1. The fourth-order valence-electron chi connectivity index (χ4n) is 2.81. The van der Waals surface area contributed by atoms with Crippen LogP contribution in [0, 0.1) is 0 Å². The highest BCUT2D eigenvalue weighted by Gasteiger charge is 2.29. The zero-order valence-corrected chi connectivity index (χ0v) is 16.1. The third-order valence-corrected chi connectivity index (χ3v) is 6.13. The molecule has 0 unspecified atom stereocenters. The highest BCUT2D eigenvalue weighted by molar-refractivity contribution is 7.91. The number of benzene rings is 3. The maximum absolute atomic E-state index is 13.3. The Labute approximate surface area is 167 Å². The average molecular weight is 411 g/mol. The highest BCUT2D eigenvalue weighted by atomic mass is 35.5. The first-order valence-electron chi connectivity index (χ1n) is 8.34. The summed E-state index contributed by atoms with van der Waals surface area (Å²) in [4.78, 5) is 0.0958. The standard InChI is InChI=1S/C20H15ClN4O2S/c21-15-6-12-18(13-7-15)28(26,27)20-19(14-4-2-1-3-5-14)25(24-23-20)17-10-8-16(22)9-11-17/h1-13H,22H2. The van der Waals surface area contributed by atoms with E-state index in [9.17, 15) is 8.42 Å². The fraction of sp³-hybridized carbons (Fsp3) is 0. The van der Waals surface area contributed by atoms with Crippen LogP contribution >= 0.6 is 11.6 Å². The van der Waals surface area contributed by atoms with Gasteiger partial charge in [-0.15, -0.1) is 5.10 Å². The molecule has 0 saturated heterocycles. The monoisotopic (exact) mass is 410 g/mol. The maximum atomic E-state index is 13.3. The van der Waals surface area contributed by atoms with Crippen LogP contribution in [0.25, 0.3) is 16.9 Å². The Hall–Kier alpha value is -3.16. The van der Waals surface area contributed by atoms with Crippen LogP contribution in [0.1, 0.15) is 0 Å². The maximum Gasteiger partial charge on any atom is 0.227 e. The number of aromatic nitrogens is 3. The van der Waals surface area contributed by atoms with Crippen LogP contribution in [-0.2, 0) is 9.84 Å². The summed E-state index contributed by atoms with van der Waals surface area (Å²) in [5.41, 5.74) is 8.07. The molecule has 4 aromatic rings. The molecule has 1 aromatic heterocycles. The topological polar surface area (TPSA) is 90.9 Å². The SMILES string of the molecule is Nc1ccc(-n2nnc(S(=O)(=O)c3ccc(Cl)cc3)c2-c2ccccc2)cc1. The molecule has 3 aromatic carbocycles. The normalized spacial score (nSPS) is 11.5. The van der Waals surface area contributed by atoms with Crippen LogP contribution in [0.2, 0.25) is 5.02 Å². The van der Waals surface area contributed by atoms with Crippen molar-refractivity contribution in [3.8, 4) is 16.9 Å². The molecular weight excluding hydrogens is 396 g/mol. The molecule has 2 N–H and O–H groups in total. The lowest BCUT2D eigenvalue weighted by molar-refractivity contribution is 0.592. The molecule has 1 heterocycles. The molecule has 0 radical (unpaired) electrons. The molecule has 4 rings (SSSR count). The van der Waals surface area contributed by atoms with Gasteiger partial charge in [-0.25, -0.2) is 13.1 Å². The third kappa shape index (κ3) is 3.26. The Morgan fingerprint density at radius 2 is 1.50 bits per heavy atom. The number of nitrogens with zero attached hydrogens (tertiary/aromatic N) is 3. The van der Waals surface area contributed by atoms with Crippen molar-refractivity contribution in [2.24, 2.45) is 0 Å². The molecule has 0 spiro atoms. The van der Waals surface area contributed by atoms with Crippen LogP contribution < -0.4 is 5.73 Å². The minimum atomic E-state index is -3.91. The summed E-state index contributed by atoms with van der Waals surface area (Å²) in [6.07, 6.45) is 0. The van der Waals surface area contributed by atoms with E-state index in [1.165, 1.54) is 28.9 Å². The van der Waals surface area contributed by atoms with Crippen molar-refractivity contribution < 1.29 is 8.42 Å². The third-order valence-electron chi connectivity index (χ3n) is 4.20. The first-order valence-corrected chi connectivity index (χ1v) is 10.2. The summed E-state index contributed by atoms with van der Waals surface area (Å²) in [5.74, 6) is 0. The molecule has 6 nitrogen and oxygen atoms in total. The number of nitrogens with two attached hydrogens (primary N) is 1. The van der Waals surface area contributed by atoms with Crippen LogP contribution in [0.4, 0.5) is 5.69 Å². The average Bonchev–Trinajstić information content (AvgIpc) is 3.15. The second-order valence-corrected chi connectivity index (χ2v) is 8.37. The number of sulfone groups is 1.